The van der Waals surface area contributed by atoms with Crippen LogP contribution in [0.4, 0.5) is 0 Å². The molecule has 3 atom stereocenters. The second-order valence-corrected chi connectivity index (χ2v) is 5.33. The Hall–Kier alpha value is -0.860. The fourth-order valence-corrected chi connectivity index (χ4v) is 2.98. The fraction of sp³-hybridized carbons (Fsp3) is 0.571. The zero-order chi connectivity index (χ0) is 11.0. The Morgan fingerprint density at radius 2 is 2.00 bits per heavy atom. The summed E-state index contributed by atoms with van der Waals surface area (Å²) in [5, 5.41) is 0. The number of hydrogen-bond acceptors (Lipinski definition) is 2. The standard InChI is InChI=1S/C14H20N2/c15-14-8-13(14)12-6-7-16(10-12)9-11-4-2-1-3-5-11/h1-5,12-14H,6-10,15H2. The average Bonchev–Trinajstić information content (AvgIpc) is 2.86. The molecule has 2 nitrogen and oxygen atoms in total. The minimum Gasteiger partial charge on any atom is -0.327 e. The molecule has 1 aromatic rings. The zero-order valence-corrected chi connectivity index (χ0v) is 9.68. The first-order valence-electron chi connectivity index (χ1n) is 6.35. The molecule has 86 valence electrons. The van der Waals surface area contributed by atoms with Crippen molar-refractivity contribution in [3.05, 3.63) is 35.9 Å². The van der Waals surface area contributed by atoms with Gasteiger partial charge in [0.15, 0.2) is 0 Å². The predicted molar refractivity (Wildman–Crippen MR) is 65.9 cm³/mol. The summed E-state index contributed by atoms with van der Waals surface area (Å²) in [5.74, 6) is 1.71. The van der Waals surface area contributed by atoms with Crippen LogP contribution in [-0.2, 0) is 6.54 Å². The Morgan fingerprint density at radius 1 is 1.25 bits per heavy atom. The number of nitrogens with two attached hydrogens (primary N) is 1. The van der Waals surface area contributed by atoms with Gasteiger partial charge in [-0.25, -0.2) is 0 Å². The van der Waals surface area contributed by atoms with Gasteiger partial charge in [-0.05, 0) is 36.8 Å². The molecule has 0 bridgehead atoms. The van der Waals surface area contributed by atoms with Crippen LogP contribution in [0.15, 0.2) is 30.3 Å². The highest BCUT2D eigenvalue weighted by Crippen LogP contribution is 2.40. The molecule has 1 aromatic carbocycles. The van der Waals surface area contributed by atoms with Crippen molar-refractivity contribution < 1.29 is 0 Å². The lowest BCUT2D eigenvalue weighted by atomic mass is 10.0. The van der Waals surface area contributed by atoms with Crippen LogP contribution in [0, 0.1) is 11.8 Å². The number of benzene rings is 1. The molecule has 1 aliphatic carbocycles. The van der Waals surface area contributed by atoms with Crippen molar-refractivity contribution in [2.24, 2.45) is 17.6 Å². The molecular formula is C14H20N2. The molecule has 2 heteroatoms. The van der Waals surface area contributed by atoms with Crippen LogP contribution in [-0.4, -0.2) is 24.0 Å². The van der Waals surface area contributed by atoms with Gasteiger partial charge in [0, 0.05) is 19.1 Å². The molecule has 3 rings (SSSR count). The maximum atomic E-state index is 5.93. The molecule has 0 radical (unpaired) electrons. The van der Waals surface area contributed by atoms with Gasteiger partial charge in [-0.3, -0.25) is 4.90 Å². The van der Waals surface area contributed by atoms with Gasteiger partial charge in [0.25, 0.3) is 0 Å². The van der Waals surface area contributed by atoms with Crippen molar-refractivity contribution >= 4 is 0 Å². The smallest absolute Gasteiger partial charge is 0.0233 e. The lowest BCUT2D eigenvalue weighted by molar-refractivity contribution is 0.309. The van der Waals surface area contributed by atoms with E-state index in [4.69, 9.17) is 5.73 Å². The fourth-order valence-electron chi connectivity index (χ4n) is 2.98. The van der Waals surface area contributed by atoms with Gasteiger partial charge >= 0.3 is 0 Å². The van der Waals surface area contributed by atoms with Crippen molar-refractivity contribution in [1.29, 1.82) is 0 Å². The Kier molecular flexibility index (Phi) is 2.70. The van der Waals surface area contributed by atoms with Crippen LogP contribution in [0.5, 0.6) is 0 Å². The number of likely N-dealkylation sites (tertiary alicyclic amines) is 1. The molecule has 1 saturated heterocycles. The van der Waals surface area contributed by atoms with Gasteiger partial charge in [-0.15, -0.1) is 0 Å². The largest absolute Gasteiger partial charge is 0.327 e. The molecule has 2 aliphatic rings. The first-order valence-corrected chi connectivity index (χ1v) is 6.35. The van der Waals surface area contributed by atoms with Crippen molar-refractivity contribution in [3.8, 4) is 0 Å². The van der Waals surface area contributed by atoms with Gasteiger partial charge in [0.05, 0.1) is 0 Å². The van der Waals surface area contributed by atoms with E-state index in [1.807, 2.05) is 0 Å². The van der Waals surface area contributed by atoms with Crippen molar-refractivity contribution in [3.63, 3.8) is 0 Å². The number of nitrogens with zero attached hydrogens (tertiary/aromatic N) is 1. The Labute approximate surface area is 97.4 Å². The van der Waals surface area contributed by atoms with E-state index in [0.717, 1.165) is 18.4 Å². The van der Waals surface area contributed by atoms with Crippen LogP contribution < -0.4 is 5.73 Å². The van der Waals surface area contributed by atoms with Gasteiger partial charge in [0.2, 0.25) is 0 Å². The topological polar surface area (TPSA) is 29.3 Å². The number of hydrogen-bond donors (Lipinski definition) is 1. The lowest BCUT2D eigenvalue weighted by Gasteiger charge is -2.15. The van der Waals surface area contributed by atoms with Crippen molar-refractivity contribution in [2.75, 3.05) is 13.1 Å². The first kappa shape index (κ1) is 10.3. The lowest BCUT2D eigenvalue weighted by Crippen LogP contribution is -2.21. The van der Waals surface area contributed by atoms with Gasteiger partial charge in [0.1, 0.15) is 0 Å². The molecule has 16 heavy (non-hydrogen) atoms. The first-order chi connectivity index (χ1) is 7.83. The minimum atomic E-state index is 0.515. The minimum absolute atomic E-state index is 0.515. The third-order valence-corrected chi connectivity index (χ3v) is 4.05. The Bertz CT molecular complexity index is 349. The normalized spacial score (nSPS) is 34.2. The molecule has 1 saturated carbocycles. The third-order valence-electron chi connectivity index (χ3n) is 4.05. The van der Waals surface area contributed by atoms with Crippen LogP contribution >= 0.6 is 0 Å². The highest BCUT2D eigenvalue weighted by atomic mass is 15.1. The molecule has 0 spiro atoms. The summed E-state index contributed by atoms with van der Waals surface area (Å²) in [5.41, 5.74) is 7.36. The van der Waals surface area contributed by atoms with Crippen molar-refractivity contribution in [1.82, 2.24) is 4.90 Å². The molecule has 1 aliphatic heterocycles. The van der Waals surface area contributed by atoms with E-state index in [0.29, 0.717) is 6.04 Å². The zero-order valence-electron chi connectivity index (χ0n) is 9.68. The van der Waals surface area contributed by atoms with Crippen LogP contribution in [0.1, 0.15) is 18.4 Å². The quantitative estimate of drug-likeness (QED) is 0.835. The summed E-state index contributed by atoms with van der Waals surface area (Å²) in [4.78, 5) is 2.57. The van der Waals surface area contributed by atoms with Gasteiger partial charge in [-0.2, -0.15) is 0 Å². The SMILES string of the molecule is NC1CC1C1CCN(Cc2ccccc2)C1. The summed E-state index contributed by atoms with van der Waals surface area (Å²) >= 11 is 0. The molecule has 0 aromatic heterocycles. The second kappa shape index (κ2) is 4.19. The van der Waals surface area contributed by atoms with Crippen LogP contribution in [0.25, 0.3) is 0 Å². The average molecular weight is 216 g/mol. The summed E-state index contributed by atoms with van der Waals surface area (Å²) in [7, 11) is 0. The maximum absolute atomic E-state index is 5.93. The maximum Gasteiger partial charge on any atom is 0.0233 e. The predicted octanol–water partition coefficient (Wildman–Crippen LogP) is 1.86. The Balaban J connectivity index is 1.54. The van der Waals surface area contributed by atoms with E-state index in [9.17, 15) is 0 Å². The Morgan fingerprint density at radius 3 is 2.69 bits per heavy atom. The van der Waals surface area contributed by atoms with E-state index >= 15 is 0 Å². The van der Waals surface area contributed by atoms with E-state index in [1.54, 1.807) is 0 Å². The summed E-state index contributed by atoms with van der Waals surface area (Å²) in [6.45, 7) is 3.62. The molecule has 2 fully saturated rings. The van der Waals surface area contributed by atoms with Crippen LogP contribution in [0.3, 0.4) is 0 Å². The molecular weight excluding hydrogens is 196 g/mol. The third kappa shape index (κ3) is 2.13. The summed E-state index contributed by atoms with van der Waals surface area (Å²) in [6.07, 6.45) is 2.62. The monoisotopic (exact) mass is 216 g/mol. The van der Waals surface area contributed by atoms with E-state index in [-0.39, 0.29) is 0 Å². The highest BCUT2D eigenvalue weighted by Gasteiger charge is 2.42. The van der Waals surface area contributed by atoms with Crippen LogP contribution in [0.2, 0.25) is 0 Å². The molecule has 3 unspecified atom stereocenters. The molecule has 0 amide bonds. The van der Waals surface area contributed by atoms with E-state index < -0.39 is 0 Å². The van der Waals surface area contributed by atoms with Gasteiger partial charge in [-0.1, -0.05) is 30.3 Å². The van der Waals surface area contributed by atoms with E-state index in [1.165, 1.54) is 31.5 Å². The van der Waals surface area contributed by atoms with Gasteiger partial charge < -0.3 is 5.73 Å². The highest BCUT2D eigenvalue weighted by molar-refractivity contribution is 5.14. The molecule has 1 heterocycles. The van der Waals surface area contributed by atoms with E-state index in [2.05, 4.69) is 35.2 Å². The summed E-state index contributed by atoms with van der Waals surface area (Å²) < 4.78 is 0. The summed E-state index contributed by atoms with van der Waals surface area (Å²) in [6, 6.07) is 11.3. The second-order valence-electron chi connectivity index (χ2n) is 5.33. The van der Waals surface area contributed by atoms with Crippen molar-refractivity contribution in [2.45, 2.75) is 25.4 Å². The number of rotatable bonds is 3. The molecule has 2 N–H and O–H groups in total.